The van der Waals surface area contributed by atoms with Crippen LogP contribution in [-0.2, 0) is 22.9 Å². The zero-order valence-corrected chi connectivity index (χ0v) is 15.0. The van der Waals surface area contributed by atoms with Crippen LogP contribution >= 0.6 is 0 Å². The van der Waals surface area contributed by atoms with E-state index in [0.717, 1.165) is 35.7 Å². The number of nitrogens with zero attached hydrogens (tertiary/aromatic N) is 1. The third-order valence-electron chi connectivity index (χ3n) is 4.78. The van der Waals surface area contributed by atoms with Gasteiger partial charge in [0, 0.05) is 22.8 Å². The summed E-state index contributed by atoms with van der Waals surface area (Å²) < 4.78 is 28.0. The number of nitrogens with one attached hydrogen (secondary N) is 2. The highest BCUT2D eigenvalue weighted by atomic mass is 32.2. The quantitative estimate of drug-likeness (QED) is 0.699. The van der Waals surface area contributed by atoms with Gasteiger partial charge in [-0.15, -0.1) is 0 Å². The Balaban J connectivity index is 1.72. The number of aryl methyl sites for hydroxylation is 3. The first-order valence-electron chi connectivity index (χ1n) is 8.62. The average molecular weight is 355 g/mol. The molecular weight excluding hydrogens is 334 g/mol. The van der Waals surface area contributed by atoms with E-state index >= 15 is 0 Å². The Labute approximate surface area is 147 Å². The zero-order chi connectivity index (χ0) is 17.4. The van der Waals surface area contributed by atoms with Crippen LogP contribution in [0.3, 0.4) is 0 Å². The van der Waals surface area contributed by atoms with Crippen LogP contribution in [-0.4, -0.2) is 18.4 Å². The lowest BCUT2D eigenvalue weighted by Gasteiger charge is -2.08. The summed E-state index contributed by atoms with van der Waals surface area (Å²) in [7, 11) is -3.66. The van der Waals surface area contributed by atoms with Crippen molar-refractivity contribution in [3.63, 3.8) is 0 Å². The molecule has 2 aromatic heterocycles. The molecule has 5 nitrogen and oxygen atoms in total. The zero-order valence-electron chi connectivity index (χ0n) is 14.2. The van der Waals surface area contributed by atoms with Gasteiger partial charge in [-0.25, -0.2) is 13.4 Å². The summed E-state index contributed by atoms with van der Waals surface area (Å²) in [5.74, 6) is 0.332. The highest BCUT2D eigenvalue weighted by Gasteiger charge is 2.19. The first-order valence-corrected chi connectivity index (χ1v) is 10.1. The van der Waals surface area contributed by atoms with E-state index in [1.165, 1.54) is 24.1 Å². The van der Waals surface area contributed by atoms with Crippen LogP contribution in [0.15, 0.2) is 41.4 Å². The predicted octanol–water partition coefficient (Wildman–Crippen LogP) is 3.94. The highest BCUT2D eigenvalue weighted by molar-refractivity contribution is 7.92. The third-order valence-corrected chi connectivity index (χ3v) is 6.13. The summed E-state index contributed by atoms with van der Waals surface area (Å²) in [5.41, 5.74) is 4.53. The van der Waals surface area contributed by atoms with Crippen molar-refractivity contribution in [2.45, 2.75) is 43.9 Å². The molecule has 0 aliphatic heterocycles. The maximum Gasteiger partial charge on any atom is 0.263 e. The normalized spacial score (nSPS) is 14.9. The molecule has 3 aromatic rings. The Kier molecular flexibility index (Phi) is 4.00. The molecule has 1 aromatic carbocycles. The van der Waals surface area contributed by atoms with Gasteiger partial charge < -0.3 is 4.98 Å². The van der Waals surface area contributed by atoms with Crippen molar-refractivity contribution in [2.75, 3.05) is 4.72 Å². The molecule has 0 saturated carbocycles. The number of pyridine rings is 1. The Morgan fingerprint density at radius 1 is 1.08 bits per heavy atom. The molecule has 6 heteroatoms. The number of aromatic amines is 1. The van der Waals surface area contributed by atoms with Crippen LogP contribution in [0.4, 0.5) is 5.82 Å². The number of aromatic nitrogens is 2. The van der Waals surface area contributed by atoms with E-state index < -0.39 is 10.0 Å². The van der Waals surface area contributed by atoms with Crippen LogP contribution in [0.5, 0.6) is 0 Å². The van der Waals surface area contributed by atoms with Gasteiger partial charge in [0.05, 0.1) is 4.90 Å². The molecule has 1 aliphatic carbocycles. The van der Waals surface area contributed by atoms with Crippen LogP contribution in [0.25, 0.3) is 10.9 Å². The highest BCUT2D eigenvalue weighted by Crippen LogP contribution is 2.30. The van der Waals surface area contributed by atoms with E-state index in [1.807, 2.05) is 19.1 Å². The smallest absolute Gasteiger partial charge is 0.263 e. The summed E-state index contributed by atoms with van der Waals surface area (Å²) in [6.07, 6.45) is 7.26. The standard InChI is InChI=1S/C19H21N3O2S/c1-13-7-10-19(20-12-13)22-25(23,24)14-8-9-18-16(11-14)15-5-3-2-4-6-17(15)21-18/h7-12,21H,2-6H2,1H3,(H,20,22). The van der Waals surface area contributed by atoms with Gasteiger partial charge in [0.2, 0.25) is 0 Å². The maximum absolute atomic E-state index is 12.7. The fraction of sp³-hybridized carbons (Fsp3) is 0.316. The first-order chi connectivity index (χ1) is 12.0. The Hall–Kier alpha value is -2.34. The van der Waals surface area contributed by atoms with Crippen molar-refractivity contribution in [2.24, 2.45) is 0 Å². The molecular formula is C19H21N3O2S. The molecule has 130 valence electrons. The largest absolute Gasteiger partial charge is 0.358 e. The number of benzene rings is 1. The monoisotopic (exact) mass is 355 g/mol. The third kappa shape index (κ3) is 3.14. The summed E-state index contributed by atoms with van der Waals surface area (Å²) in [6.45, 7) is 1.91. The van der Waals surface area contributed by atoms with Gasteiger partial charge in [0.1, 0.15) is 5.82 Å². The molecule has 0 bridgehead atoms. The fourth-order valence-electron chi connectivity index (χ4n) is 3.45. The fourth-order valence-corrected chi connectivity index (χ4v) is 4.49. The Morgan fingerprint density at radius 3 is 2.72 bits per heavy atom. The lowest BCUT2D eigenvalue weighted by atomic mass is 10.1. The molecule has 1 aliphatic rings. The number of fused-ring (bicyclic) bond motifs is 3. The minimum atomic E-state index is -3.66. The second-order valence-electron chi connectivity index (χ2n) is 6.68. The van der Waals surface area contributed by atoms with Gasteiger partial charge in [-0.1, -0.05) is 12.5 Å². The van der Waals surface area contributed by atoms with Gasteiger partial charge >= 0.3 is 0 Å². The number of hydrogen-bond donors (Lipinski definition) is 2. The van der Waals surface area contributed by atoms with Gasteiger partial charge in [0.15, 0.2) is 0 Å². The van der Waals surface area contributed by atoms with Gasteiger partial charge in [-0.3, -0.25) is 4.72 Å². The minimum Gasteiger partial charge on any atom is -0.358 e. The van der Waals surface area contributed by atoms with Crippen molar-refractivity contribution in [1.29, 1.82) is 0 Å². The van der Waals surface area contributed by atoms with Crippen LogP contribution in [0.1, 0.15) is 36.1 Å². The van der Waals surface area contributed by atoms with Crippen molar-refractivity contribution < 1.29 is 8.42 Å². The molecule has 0 spiro atoms. The maximum atomic E-state index is 12.7. The van der Waals surface area contributed by atoms with Crippen molar-refractivity contribution >= 4 is 26.7 Å². The molecule has 0 fully saturated rings. The Morgan fingerprint density at radius 2 is 1.92 bits per heavy atom. The topological polar surface area (TPSA) is 74.8 Å². The number of hydrogen-bond acceptors (Lipinski definition) is 3. The van der Waals surface area contributed by atoms with E-state index in [-0.39, 0.29) is 4.90 Å². The van der Waals surface area contributed by atoms with Crippen molar-refractivity contribution in [3.8, 4) is 0 Å². The lowest BCUT2D eigenvalue weighted by Crippen LogP contribution is -2.13. The van der Waals surface area contributed by atoms with E-state index in [0.29, 0.717) is 5.82 Å². The van der Waals surface area contributed by atoms with Gasteiger partial charge in [0.25, 0.3) is 10.0 Å². The van der Waals surface area contributed by atoms with E-state index in [1.54, 1.807) is 24.4 Å². The molecule has 0 radical (unpaired) electrons. The van der Waals surface area contributed by atoms with Crippen molar-refractivity contribution in [3.05, 3.63) is 53.3 Å². The SMILES string of the molecule is Cc1ccc(NS(=O)(=O)c2ccc3[nH]c4c(c3c2)CCCCC4)nc1. The number of H-pyrrole nitrogens is 1. The molecule has 0 saturated heterocycles. The van der Waals surface area contributed by atoms with E-state index in [9.17, 15) is 8.42 Å². The van der Waals surface area contributed by atoms with Gasteiger partial charge in [-0.2, -0.15) is 0 Å². The van der Waals surface area contributed by atoms with E-state index in [2.05, 4.69) is 14.7 Å². The number of anilines is 1. The van der Waals surface area contributed by atoms with Crippen molar-refractivity contribution in [1.82, 2.24) is 9.97 Å². The number of rotatable bonds is 3. The predicted molar refractivity (Wildman–Crippen MR) is 99.3 cm³/mol. The van der Waals surface area contributed by atoms with E-state index in [4.69, 9.17) is 0 Å². The number of sulfonamides is 1. The van der Waals surface area contributed by atoms with Crippen LogP contribution in [0.2, 0.25) is 0 Å². The Bertz CT molecular complexity index is 1020. The summed E-state index contributed by atoms with van der Waals surface area (Å²) in [4.78, 5) is 7.86. The second kappa shape index (κ2) is 6.19. The molecule has 4 rings (SSSR count). The molecule has 25 heavy (non-hydrogen) atoms. The molecule has 2 N–H and O–H groups in total. The first kappa shape index (κ1) is 16.1. The summed E-state index contributed by atoms with van der Waals surface area (Å²) in [5, 5.41) is 1.02. The molecule has 0 unspecified atom stereocenters. The lowest BCUT2D eigenvalue weighted by molar-refractivity contribution is 0.601. The van der Waals surface area contributed by atoms with Gasteiger partial charge in [-0.05, 0) is 68.0 Å². The molecule has 0 amide bonds. The molecule has 0 atom stereocenters. The van der Waals surface area contributed by atoms with Crippen LogP contribution < -0.4 is 4.72 Å². The summed E-state index contributed by atoms with van der Waals surface area (Å²) in [6, 6.07) is 8.80. The second-order valence-corrected chi connectivity index (χ2v) is 8.36. The van der Waals surface area contributed by atoms with Crippen LogP contribution in [0, 0.1) is 6.92 Å². The molecule has 2 heterocycles. The average Bonchev–Trinajstić information content (AvgIpc) is 2.77. The minimum absolute atomic E-state index is 0.272. The summed E-state index contributed by atoms with van der Waals surface area (Å²) >= 11 is 0.